The Morgan fingerprint density at radius 1 is 1.35 bits per heavy atom. The molecule has 0 radical (unpaired) electrons. The molecule has 124 valence electrons. The molecule has 1 heterocycles. The molecule has 1 aromatic carbocycles. The largest absolute Gasteiger partial charge is 0.465 e. The molecule has 1 atom stereocenters. The molecule has 1 aliphatic heterocycles. The normalized spacial score (nSPS) is 20.7. The van der Waals surface area contributed by atoms with Gasteiger partial charge in [-0.15, -0.1) is 0 Å². The van der Waals surface area contributed by atoms with Gasteiger partial charge in [-0.3, -0.25) is 14.4 Å². The number of ketones is 1. The van der Waals surface area contributed by atoms with Crippen molar-refractivity contribution in [1.82, 2.24) is 0 Å². The van der Waals surface area contributed by atoms with Gasteiger partial charge in [-0.05, 0) is 31.9 Å². The fourth-order valence-corrected chi connectivity index (χ4v) is 2.55. The predicted molar refractivity (Wildman–Crippen MR) is 74.6 cm³/mol. The molecular formula is C16H16F2O5. The van der Waals surface area contributed by atoms with Crippen molar-refractivity contribution in [2.45, 2.75) is 26.2 Å². The highest BCUT2D eigenvalue weighted by Crippen LogP contribution is 2.36. The quantitative estimate of drug-likeness (QED) is 0.472. The van der Waals surface area contributed by atoms with Gasteiger partial charge in [0, 0.05) is 12.5 Å². The summed E-state index contributed by atoms with van der Waals surface area (Å²) in [7, 11) is 0. The molecule has 0 bridgehead atoms. The number of Topliss-reactive ketones (excluding diaryl/α,β-unsaturated/α-hetero) is 1. The summed E-state index contributed by atoms with van der Waals surface area (Å²) in [6, 6.07) is 2.50. The van der Waals surface area contributed by atoms with E-state index >= 15 is 0 Å². The first-order valence-electron chi connectivity index (χ1n) is 7.23. The first-order chi connectivity index (χ1) is 10.9. The third kappa shape index (κ3) is 3.38. The van der Waals surface area contributed by atoms with Crippen LogP contribution >= 0.6 is 0 Å². The van der Waals surface area contributed by atoms with Crippen molar-refractivity contribution in [3.05, 3.63) is 35.4 Å². The molecule has 5 nitrogen and oxygen atoms in total. The minimum absolute atomic E-state index is 0.0347. The zero-order chi connectivity index (χ0) is 17.0. The van der Waals surface area contributed by atoms with Crippen LogP contribution in [-0.2, 0) is 19.1 Å². The number of ether oxygens (including phenoxy) is 2. The summed E-state index contributed by atoms with van der Waals surface area (Å²) >= 11 is 0. The molecule has 1 saturated heterocycles. The first-order valence-corrected chi connectivity index (χ1v) is 7.23. The lowest BCUT2D eigenvalue weighted by molar-refractivity contribution is -0.177. The van der Waals surface area contributed by atoms with E-state index in [1.165, 1.54) is 0 Å². The Morgan fingerprint density at radius 2 is 2.09 bits per heavy atom. The van der Waals surface area contributed by atoms with Gasteiger partial charge in [-0.2, -0.15) is 0 Å². The third-order valence-electron chi connectivity index (χ3n) is 3.73. The molecule has 1 aromatic rings. The first kappa shape index (κ1) is 17.1. The Kier molecular flexibility index (Phi) is 5.08. The SMILES string of the molecule is CCOC(=O)C1(CC(=O)c2ccc(F)cc2F)CCCOC1=O. The van der Waals surface area contributed by atoms with Gasteiger partial charge in [0.25, 0.3) is 0 Å². The van der Waals surface area contributed by atoms with Gasteiger partial charge in [-0.1, -0.05) is 0 Å². The van der Waals surface area contributed by atoms with Gasteiger partial charge in [0.05, 0.1) is 18.8 Å². The lowest BCUT2D eigenvalue weighted by Crippen LogP contribution is -2.46. The lowest BCUT2D eigenvalue weighted by Gasteiger charge is -2.32. The van der Waals surface area contributed by atoms with Crippen LogP contribution in [0.4, 0.5) is 8.78 Å². The molecular weight excluding hydrogens is 310 g/mol. The van der Waals surface area contributed by atoms with Gasteiger partial charge in [0.15, 0.2) is 11.2 Å². The number of benzene rings is 1. The maximum absolute atomic E-state index is 13.7. The van der Waals surface area contributed by atoms with Crippen LogP contribution in [0.25, 0.3) is 0 Å². The molecule has 23 heavy (non-hydrogen) atoms. The summed E-state index contributed by atoms with van der Waals surface area (Å²) < 4.78 is 36.5. The second-order valence-electron chi connectivity index (χ2n) is 5.27. The third-order valence-corrected chi connectivity index (χ3v) is 3.73. The number of hydrogen-bond donors (Lipinski definition) is 0. The van der Waals surface area contributed by atoms with E-state index in [9.17, 15) is 23.2 Å². The number of hydrogen-bond acceptors (Lipinski definition) is 5. The summed E-state index contributed by atoms with van der Waals surface area (Å²) in [5.41, 5.74) is -2.15. The van der Waals surface area contributed by atoms with Crippen molar-refractivity contribution in [1.29, 1.82) is 0 Å². The summed E-state index contributed by atoms with van der Waals surface area (Å²) in [5, 5.41) is 0. The van der Waals surface area contributed by atoms with Gasteiger partial charge in [0.1, 0.15) is 11.6 Å². The number of halogens is 2. The summed E-state index contributed by atoms with van der Waals surface area (Å²) in [6.07, 6.45) is -0.101. The van der Waals surface area contributed by atoms with Crippen LogP contribution in [0, 0.1) is 17.0 Å². The summed E-state index contributed by atoms with van der Waals surface area (Å²) in [5.74, 6) is -4.36. The molecule has 0 amide bonds. The van der Waals surface area contributed by atoms with Gasteiger partial charge < -0.3 is 9.47 Å². The van der Waals surface area contributed by atoms with Crippen LogP contribution in [0.3, 0.4) is 0 Å². The van der Waals surface area contributed by atoms with Gasteiger partial charge >= 0.3 is 11.9 Å². The summed E-state index contributed by atoms with van der Waals surface area (Å²) in [4.78, 5) is 36.6. The molecule has 1 unspecified atom stereocenters. The molecule has 0 aliphatic carbocycles. The zero-order valence-electron chi connectivity index (χ0n) is 12.6. The highest BCUT2D eigenvalue weighted by Gasteiger charge is 2.52. The lowest BCUT2D eigenvalue weighted by atomic mass is 9.76. The average Bonchev–Trinajstić information content (AvgIpc) is 2.49. The average molecular weight is 326 g/mol. The van der Waals surface area contributed by atoms with Crippen molar-refractivity contribution >= 4 is 17.7 Å². The molecule has 1 aliphatic rings. The molecule has 0 saturated carbocycles. The maximum Gasteiger partial charge on any atom is 0.323 e. The second-order valence-corrected chi connectivity index (χ2v) is 5.27. The highest BCUT2D eigenvalue weighted by molar-refractivity contribution is 6.07. The zero-order valence-corrected chi connectivity index (χ0v) is 12.6. The fraction of sp³-hybridized carbons (Fsp3) is 0.438. The highest BCUT2D eigenvalue weighted by atomic mass is 19.1. The van der Waals surface area contributed by atoms with Crippen LogP contribution < -0.4 is 0 Å². The van der Waals surface area contributed by atoms with Crippen LogP contribution in [0.15, 0.2) is 18.2 Å². The Balaban J connectivity index is 2.32. The molecule has 0 aromatic heterocycles. The molecule has 1 fully saturated rings. The number of carbonyl (C=O) groups excluding carboxylic acids is 3. The standard InChI is InChI=1S/C16H16F2O5/c1-2-22-14(20)16(6-3-7-23-15(16)21)9-13(19)11-5-4-10(17)8-12(11)18/h4-5,8H,2-3,6-7,9H2,1H3. The number of esters is 2. The van der Waals surface area contributed by atoms with E-state index in [1.54, 1.807) is 6.92 Å². The number of cyclic esters (lactones) is 1. The van der Waals surface area contributed by atoms with E-state index in [2.05, 4.69) is 0 Å². The fourth-order valence-electron chi connectivity index (χ4n) is 2.55. The predicted octanol–water partition coefficient (Wildman–Crippen LogP) is 2.42. The van der Waals surface area contributed by atoms with E-state index in [-0.39, 0.29) is 25.2 Å². The van der Waals surface area contributed by atoms with E-state index in [0.29, 0.717) is 12.5 Å². The van der Waals surface area contributed by atoms with Crippen molar-refractivity contribution in [3.8, 4) is 0 Å². The van der Waals surface area contributed by atoms with E-state index in [0.717, 1.165) is 12.1 Å². The molecule has 0 N–H and O–H groups in total. The minimum atomic E-state index is -1.77. The van der Waals surface area contributed by atoms with Crippen molar-refractivity contribution in [3.63, 3.8) is 0 Å². The van der Waals surface area contributed by atoms with Crippen molar-refractivity contribution in [2.75, 3.05) is 13.2 Å². The van der Waals surface area contributed by atoms with Crippen LogP contribution in [0.1, 0.15) is 36.5 Å². The van der Waals surface area contributed by atoms with Crippen molar-refractivity contribution < 1.29 is 32.6 Å². The Labute approximate surface area is 131 Å². The maximum atomic E-state index is 13.7. The molecule has 7 heteroatoms. The Bertz CT molecular complexity index is 643. The number of carbonyl (C=O) groups is 3. The van der Waals surface area contributed by atoms with E-state index < -0.39 is 41.2 Å². The van der Waals surface area contributed by atoms with E-state index in [4.69, 9.17) is 9.47 Å². The molecule has 0 spiro atoms. The molecule has 2 rings (SSSR count). The smallest absolute Gasteiger partial charge is 0.323 e. The van der Waals surface area contributed by atoms with E-state index in [1.807, 2.05) is 0 Å². The minimum Gasteiger partial charge on any atom is -0.465 e. The topological polar surface area (TPSA) is 69.7 Å². The van der Waals surface area contributed by atoms with Crippen LogP contribution in [0.2, 0.25) is 0 Å². The van der Waals surface area contributed by atoms with Crippen molar-refractivity contribution in [2.24, 2.45) is 5.41 Å². The second kappa shape index (κ2) is 6.85. The van der Waals surface area contributed by atoms with Crippen LogP contribution in [-0.4, -0.2) is 30.9 Å². The van der Waals surface area contributed by atoms with Gasteiger partial charge in [0.2, 0.25) is 0 Å². The Morgan fingerprint density at radius 3 is 2.70 bits per heavy atom. The summed E-state index contributed by atoms with van der Waals surface area (Å²) in [6.45, 7) is 1.76. The van der Waals surface area contributed by atoms with Crippen LogP contribution in [0.5, 0.6) is 0 Å². The Hall–Kier alpha value is -2.31. The van der Waals surface area contributed by atoms with Gasteiger partial charge in [-0.25, -0.2) is 8.78 Å². The monoisotopic (exact) mass is 326 g/mol. The number of rotatable bonds is 5.